The molecule has 0 spiro atoms. The van der Waals surface area contributed by atoms with Gasteiger partial charge in [0.15, 0.2) is 0 Å². The maximum absolute atomic E-state index is 12.4. The maximum Gasteiger partial charge on any atom is 0.332 e. The highest BCUT2D eigenvalue weighted by Crippen LogP contribution is 2.43. The lowest BCUT2D eigenvalue weighted by Crippen LogP contribution is -2.33. The summed E-state index contributed by atoms with van der Waals surface area (Å²) in [6.07, 6.45) is 7.30. The largest absolute Gasteiger partial charge is 0.507 e. The standard InChI is InChI=1S/C29H27ClN6O2/c1-17-10-21(19-4-5-26(24(30)12-19)36-9-8-34(3)29(36)38)28(37)22(11-17)20-13-25-23(15-32-33-25)27(14-20)35-7-6-31-18(2)16-35/h4-5,8-16,31,37H,6-7H2,1-3H3,(H,32,33). The Morgan fingerprint density at radius 2 is 1.79 bits per heavy atom. The van der Waals surface area contributed by atoms with Crippen molar-refractivity contribution in [1.29, 1.82) is 0 Å². The van der Waals surface area contributed by atoms with Crippen molar-refractivity contribution in [2.45, 2.75) is 13.8 Å². The minimum absolute atomic E-state index is 0.160. The molecule has 6 rings (SSSR count). The molecule has 0 atom stereocenters. The Morgan fingerprint density at radius 1 is 1.00 bits per heavy atom. The topological polar surface area (TPSA) is 91.1 Å². The fourth-order valence-electron chi connectivity index (χ4n) is 5.07. The summed E-state index contributed by atoms with van der Waals surface area (Å²) in [5, 5.41) is 23.7. The fourth-order valence-corrected chi connectivity index (χ4v) is 5.34. The van der Waals surface area contributed by atoms with E-state index in [1.807, 2.05) is 44.3 Å². The van der Waals surface area contributed by atoms with E-state index in [1.54, 1.807) is 31.6 Å². The molecule has 3 N–H and O–H groups in total. The van der Waals surface area contributed by atoms with Gasteiger partial charge in [0.2, 0.25) is 0 Å². The molecule has 192 valence electrons. The van der Waals surface area contributed by atoms with Crippen LogP contribution in [0.25, 0.3) is 38.8 Å². The number of hydrogen-bond acceptors (Lipinski definition) is 5. The van der Waals surface area contributed by atoms with Crippen molar-refractivity contribution in [3.05, 3.63) is 94.0 Å². The van der Waals surface area contributed by atoms with Gasteiger partial charge in [0.1, 0.15) is 5.75 Å². The van der Waals surface area contributed by atoms with Crippen LogP contribution in [0.1, 0.15) is 12.5 Å². The van der Waals surface area contributed by atoms with Crippen LogP contribution in [0.2, 0.25) is 5.02 Å². The molecule has 38 heavy (non-hydrogen) atoms. The molecule has 0 amide bonds. The smallest absolute Gasteiger partial charge is 0.332 e. The van der Waals surface area contributed by atoms with Gasteiger partial charge >= 0.3 is 5.69 Å². The Balaban J connectivity index is 1.47. The van der Waals surface area contributed by atoms with E-state index < -0.39 is 0 Å². The fraction of sp³-hybridized carbons (Fsp3) is 0.172. The van der Waals surface area contributed by atoms with Crippen LogP contribution in [0.15, 0.2) is 77.7 Å². The average Bonchev–Trinajstić information content (AvgIpc) is 3.51. The van der Waals surface area contributed by atoms with Crippen LogP contribution in [0.5, 0.6) is 5.75 Å². The molecule has 9 heteroatoms. The van der Waals surface area contributed by atoms with E-state index in [0.29, 0.717) is 21.8 Å². The zero-order chi connectivity index (χ0) is 26.6. The van der Waals surface area contributed by atoms with Gasteiger partial charge in [0.05, 0.1) is 28.1 Å². The Morgan fingerprint density at radius 3 is 2.50 bits per heavy atom. The number of benzene rings is 3. The van der Waals surface area contributed by atoms with Crippen molar-refractivity contribution in [2.24, 2.45) is 7.05 Å². The number of nitrogens with one attached hydrogen (secondary N) is 2. The Kier molecular flexibility index (Phi) is 5.76. The van der Waals surface area contributed by atoms with Gasteiger partial charge in [-0.2, -0.15) is 5.10 Å². The normalized spacial score (nSPS) is 13.6. The second kappa shape index (κ2) is 9.15. The number of nitrogens with zero attached hydrogens (tertiary/aromatic N) is 4. The molecule has 3 aromatic carbocycles. The summed E-state index contributed by atoms with van der Waals surface area (Å²) in [6, 6.07) is 13.5. The van der Waals surface area contributed by atoms with Crippen molar-refractivity contribution < 1.29 is 5.11 Å². The van der Waals surface area contributed by atoms with E-state index >= 15 is 0 Å². The number of rotatable bonds is 4. The van der Waals surface area contributed by atoms with Gasteiger partial charge in [-0.25, -0.2) is 4.79 Å². The number of allylic oxidation sites excluding steroid dienone is 1. The number of aryl methyl sites for hydroxylation is 2. The molecular formula is C29H27ClN6O2. The number of halogens is 1. The summed E-state index contributed by atoms with van der Waals surface area (Å²) in [4.78, 5) is 14.6. The second-order valence-electron chi connectivity index (χ2n) is 9.70. The number of aromatic amines is 1. The molecule has 8 nitrogen and oxygen atoms in total. The van der Waals surface area contributed by atoms with E-state index in [1.165, 1.54) is 9.13 Å². The van der Waals surface area contributed by atoms with Gasteiger partial charge in [0, 0.05) is 60.9 Å². The molecule has 0 saturated carbocycles. The number of fused-ring (bicyclic) bond motifs is 1. The summed E-state index contributed by atoms with van der Waals surface area (Å²) in [5.41, 5.74) is 7.43. The first-order chi connectivity index (χ1) is 18.3. The minimum Gasteiger partial charge on any atom is -0.507 e. The molecule has 0 fully saturated rings. The number of imidazole rings is 1. The third-order valence-corrected chi connectivity index (χ3v) is 7.29. The molecule has 0 radical (unpaired) electrons. The van der Waals surface area contributed by atoms with Crippen molar-refractivity contribution in [3.8, 4) is 33.7 Å². The van der Waals surface area contributed by atoms with Gasteiger partial charge in [-0.1, -0.05) is 17.7 Å². The summed E-state index contributed by atoms with van der Waals surface area (Å²) < 4.78 is 2.99. The Labute approximate surface area is 224 Å². The molecule has 5 aromatic rings. The molecule has 0 saturated heterocycles. The molecule has 0 bridgehead atoms. The van der Waals surface area contributed by atoms with Gasteiger partial charge < -0.3 is 19.9 Å². The Hall–Kier alpha value is -4.43. The third kappa shape index (κ3) is 4.03. The van der Waals surface area contributed by atoms with Crippen LogP contribution in [0, 0.1) is 6.92 Å². The predicted molar refractivity (Wildman–Crippen MR) is 152 cm³/mol. The van der Waals surface area contributed by atoms with Gasteiger partial charge in [-0.15, -0.1) is 0 Å². The number of phenols is 1. The summed E-state index contributed by atoms with van der Waals surface area (Å²) in [5.74, 6) is 0.160. The van der Waals surface area contributed by atoms with E-state index in [9.17, 15) is 9.90 Å². The monoisotopic (exact) mass is 526 g/mol. The first-order valence-corrected chi connectivity index (χ1v) is 12.7. The molecular weight excluding hydrogens is 500 g/mol. The van der Waals surface area contributed by atoms with E-state index in [2.05, 4.69) is 32.7 Å². The van der Waals surface area contributed by atoms with Gasteiger partial charge in [-0.3, -0.25) is 9.67 Å². The van der Waals surface area contributed by atoms with Crippen LogP contribution in [0.4, 0.5) is 5.69 Å². The van der Waals surface area contributed by atoms with Gasteiger partial charge in [0.25, 0.3) is 0 Å². The average molecular weight is 527 g/mol. The van der Waals surface area contributed by atoms with E-state index in [-0.39, 0.29) is 11.4 Å². The van der Waals surface area contributed by atoms with E-state index in [4.69, 9.17) is 11.6 Å². The molecule has 0 unspecified atom stereocenters. The zero-order valence-corrected chi connectivity index (χ0v) is 22.0. The molecule has 0 aliphatic carbocycles. The van der Waals surface area contributed by atoms with Crippen molar-refractivity contribution in [3.63, 3.8) is 0 Å². The summed E-state index contributed by atoms with van der Waals surface area (Å²) in [7, 11) is 1.69. The van der Waals surface area contributed by atoms with Crippen LogP contribution < -0.4 is 15.9 Å². The first-order valence-electron chi connectivity index (χ1n) is 12.3. The number of H-pyrrole nitrogens is 1. The SMILES string of the molecule is CC1=CN(c2cc(-c3cc(C)cc(-c4ccc(-n5ccn(C)c5=O)c(Cl)c4)c3O)cc3[nH]ncc23)CCN1. The van der Waals surface area contributed by atoms with Crippen molar-refractivity contribution in [1.82, 2.24) is 24.6 Å². The highest BCUT2D eigenvalue weighted by atomic mass is 35.5. The minimum atomic E-state index is -0.181. The van der Waals surface area contributed by atoms with Crippen LogP contribution in [0.3, 0.4) is 0 Å². The van der Waals surface area contributed by atoms with Crippen LogP contribution in [-0.2, 0) is 7.05 Å². The predicted octanol–water partition coefficient (Wildman–Crippen LogP) is 5.32. The quantitative estimate of drug-likeness (QED) is 0.295. The van der Waals surface area contributed by atoms with Gasteiger partial charge in [-0.05, 0) is 66.9 Å². The zero-order valence-electron chi connectivity index (χ0n) is 21.3. The second-order valence-corrected chi connectivity index (χ2v) is 10.1. The summed E-state index contributed by atoms with van der Waals surface area (Å²) in [6.45, 7) is 5.72. The highest BCUT2D eigenvalue weighted by molar-refractivity contribution is 6.32. The lowest BCUT2D eigenvalue weighted by molar-refractivity contribution is 0.479. The summed E-state index contributed by atoms with van der Waals surface area (Å²) >= 11 is 6.64. The lowest BCUT2D eigenvalue weighted by Gasteiger charge is -2.28. The van der Waals surface area contributed by atoms with Crippen molar-refractivity contribution in [2.75, 3.05) is 18.0 Å². The molecule has 1 aliphatic heterocycles. The lowest BCUT2D eigenvalue weighted by atomic mass is 9.94. The maximum atomic E-state index is 12.4. The highest BCUT2D eigenvalue weighted by Gasteiger charge is 2.19. The number of phenolic OH excluding ortho intramolecular Hbond substituents is 1. The molecule has 3 heterocycles. The molecule has 1 aliphatic rings. The number of aromatic hydroxyl groups is 1. The van der Waals surface area contributed by atoms with Crippen LogP contribution in [-0.4, -0.2) is 37.5 Å². The van der Waals surface area contributed by atoms with E-state index in [0.717, 1.165) is 52.1 Å². The van der Waals surface area contributed by atoms with Crippen LogP contribution >= 0.6 is 11.6 Å². The number of aromatic nitrogens is 4. The first kappa shape index (κ1) is 23.9. The third-order valence-electron chi connectivity index (χ3n) is 6.98. The Bertz CT molecular complexity index is 1790. The van der Waals surface area contributed by atoms with Crippen molar-refractivity contribution >= 4 is 28.2 Å². The number of anilines is 1. The number of hydrogen-bond donors (Lipinski definition) is 3. The molecule has 2 aromatic heterocycles.